The lowest BCUT2D eigenvalue weighted by molar-refractivity contribution is -0.122. The van der Waals surface area contributed by atoms with E-state index in [1.165, 1.54) is 32.1 Å². The van der Waals surface area contributed by atoms with Gasteiger partial charge in [-0.2, -0.15) is 5.10 Å². The maximum atomic E-state index is 12.2. The summed E-state index contributed by atoms with van der Waals surface area (Å²) in [4.78, 5) is 23.6. The number of aromatic nitrogens is 4. The zero-order chi connectivity index (χ0) is 18.5. The molecule has 1 aliphatic carbocycles. The molecule has 1 fully saturated rings. The molecule has 1 N–H and O–H groups in total. The van der Waals surface area contributed by atoms with Crippen molar-refractivity contribution in [2.24, 2.45) is 0 Å². The van der Waals surface area contributed by atoms with Crippen molar-refractivity contribution in [2.75, 3.05) is 11.9 Å². The van der Waals surface area contributed by atoms with Gasteiger partial charge in [0.1, 0.15) is 6.54 Å². The largest absolute Gasteiger partial charge is 0.348 e. The van der Waals surface area contributed by atoms with Crippen molar-refractivity contribution in [1.29, 1.82) is 0 Å². The first-order chi connectivity index (χ1) is 12.5. The summed E-state index contributed by atoms with van der Waals surface area (Å²) in [5, 5.41) is 7.05. The van der Waals surface area contributed by atoms with Crippen LogP contribution in [-0.2, 0) is 11.3 Å². The van der Waals surface area contributed by atoms with Gasteiger partial charge in [-0.15, -0.1) is 0 Å². The van der Waals surface area contributed by atoms with E-state index in [1.54, 1.807) is 23.1 Å². The van der Waals surface area contributed by atoms with E-state index >= 15 is 0 Å². The zero-order valence-corrected chi connectivity index (χ0v) is 15.9. The summed E-state index contributed by atoms with van der Waals surface area (Å²) in [5.74, 6) is 0.692. The quantitative estimate of drug-likeness (QED) is 0.861. The summed E-state index contributed by atoms with van der Waals surface area (Å²) in [6, 6.07) is 2.18. The highest BCUT2D eigenvalue weighted by molar-refractivity contribution is 5.76. The molecule has 26 heavy (non-hydrogen) atoms. The van der Waals surface area contributed by atoms with Crippen molar-refractivity contribution < 1.29 is 4.79 Å². The molecule has 0 saturated heterocycles. The van der Waals surface area contributed by atoms with Crippen molar-refractivity contribution in [1.82, 2.24) is 25.1 Å². The van der Waals surface area contributed by atoms with E-state index in [9.17, 15) is 4.79 Å². The molecule has 1 saturated carbocycles. The monoisotopic (exact) mass is 356 g/mol. The smallest absolute Gasteiger partial charge is 0.242 e. The van der Waals surface area contributed by atoms with E-state index in [1.807, 2.05) is 20.0 Å². The Morgan fingerprint density at radius 2 is 2.15 bits per heavy atom. The van der Waals surface area contributed by atoms with Gasteiger partial charge < -0.3 is 10.2 Å². The molecule has 3 rings (SSSR count). The second kappa shape index (κ2) is 8.29. The summed E-state index contributed by atoms with van der Waals surface area (Å²) in [6.07, 6.45) is 11.6. The van der Waals surface area contributed by atoms with Crippen molar-refractivity contribution >= 4 is 11.9 Å². The number of nitrogens with zero attached hydrogens (tertiary/aromatic N) is 5. The molecule has 2 aromatic heterocycles. The number of carbonyl (C=O) groups excluding carboxylic acids is 1. The topological polar surface area (TPSA) is 75.9 Å². The van der Waals surface area contributed by atoms with Crippen LogP contribution in [0.5, 0.6) is 0 Å². The van der Waals surface area contributed by atoms with Gasteiger partial charge in [0.15, 0.2) is 0 Å². The zero-order valence-electron chi connectivity index (χ0n) is 15.9. The highest BCUT2D eigenvalue weighted by Gasteiger charge is 2.21. The average molecular weight is 356 g/mol. The Kier molecular flexibility index (Phi) is 5.85. The first-order valence-corrected chi connectivity index (χ1v) is 9.37. The van der Waals surface area contributed by atoms with E-state index < -0.39 is 0 Å². The van der Waals surface area contributed by atoms with Crippen LogP contribution in [0, 0.1) is 6.92 Å². The van der Waals surface area contributed by atoms with Crippen LogP contribution in [0.3, 0.4) is 0 Å². The second-order valence-corrected chi connectivity index (χ2v) is 7.11. The predicted molar refractivity (Wildman–Crippen MR) is 101 cm³/mol. The third-order valence-corrected chi connectivity index (χ3v) is 5.15. The molecule has 1 aliphatic rings. The van der Waals surface area contributed by atoms with Crippen molar-refractivity contribution in [3.63, 3.8) is 0 Å². The van der Waals surface area contributed by atoms with Crippen molar-refractivity contribution in [2.45, 2.75) is 64.6 Å². The van der Waals surface area contributed by atoms with Crippen molar-refractivity contribution in [3.8, 4) is 0 Å². The fourth-order valence-corrected chi connectivity index (χ4v) is 3.60. The SMILES string of the molecule is Cc1nc(N(C)C2CCCCC2)ncc1[C@H](C)NC(=O)Cn1cccn1. The molecule has 0 aromatic carbocycles. The van der Waals surface area contributed by atoms with Gasteiger partial charge in [0.2, 0.25) is 11.9 Å². The number of nitrogens with one attached hydrogen (secondary N) is 1. The standard InChI is InChI=1S/C19H28N6O/c1-14(22-18(26)13-25-11-7-10-21-25)17-12-20-19(23-15(17)2)24(3)16-8-5-4-6-9-16/h7,10-12,14,16H,4-6,8-9,13H2,1-3H3,(H,22,26)/t14-/m0/s1. The summed E-state index contributed by atoms with van der Waals surface area (Å²) >= 11 is 0. The van der Waals surface area contributed by atoms with Gasteiger partial charge in [0.25, 0.3) is 0 Å². The normalized spacial score (nSPS) is 16.3. The Morgan fingerprint density at radius 1 is 1.38 bits per heavy atom. The molecule has 0 bridgehead atoms. The van der Waals surface area contributed by atoms with Crippen LogP contribution in [0.4, 0.5) is 5.95 Å². The summed E-state index contributed by atoms with van der Waals surface area (Å²) < 4.78 is 1.60. The number of rotatable bonds is 6. The third-order valence-electron chi connectivity index (χ3n) is 5.15. The van der Waals surface area contributed by atoms with Gasteiger partial charge in [-0.1, -0.05) is 19.3 Å². The molecule has 0 radical (unpaired) electrons. The van der Waals surface area contributed by atoms with E-state index in [-0.39, 0.29) is 18.5 Å². The molecule has 7 nitrogen and oxygen atoms in total. The molecule has 1 amide bonds. The first-order valence-electron chi connectivity index (χ1n) is 9.37. The maximum absolute atomic E-state index is 12.2. The van der Waals surface area contributed by atoms with Crippen LogP contribution in [0.25, 0.3) is 0 Å². The van der Waals surface area contributed by atoms with E-state index in [4.69, 9.17) is 4.98 Å². The average Bonchev–Trinajstić information content (AvgIpc) is 3.14. The van der Waals surface area contributed by atoms with E-state index in [2.05, 4.69) is 27.3 Å². The predicted octanol–water partition coefficient (Wildman–Crippen LogP) is 2.63. The summed E-state index contributed by atoms with van der Waals surface area (Å²) in [6.45, 7) is 4.14. The van der Waals surface area contributed by atoms with Gasteiger partial charge in [-0.05, 0) is 32.8 Å². The molecule has 1 atom stereocenters. The van der Waals surface area contributed by atoms with Crippen LogP contribution in [-0.4, -0.2) is 38.7 Å². The molecule has 0 unspecified atom stereocenters. The number of hydrogen-bond acceptors (Lipinski definition) is 5. The van der Waals surface area contributed by atoms with Gasteiger partial charge in [-0.3, -0.25) is 9.48 Å². The third kappa shape index (κ3) is 4.39. The van der Waals surface area contributed by atoms with Gasteiger partial charge in [0, 0.05) is 42.9 Å². The number of carbonyl (C=O) groups is 1. The minimum atomic E-state index is -0.146. The van der Waals surface area contributed by atoms with Crippen LogP contribution < -0.4 is 10.2 Å². The molecular formula is C19H28N6O. The number of hydrogen-bond donors (Lipinski definition) is 1. The van der Waals surface area contributed by atoms with Gasteiger partial charge in [0.05, 0.1) is 6.04 Å². The highest BCUT2D eigenvalue weighted by atomic mass is 16.2. The minimum absolute atomic E-state index is 0.0796. The molecule has 7 heteroatoms. The fourth-order valence-electron chi connectivity index (χ4n) is 3.60. The van der Waals surface area contributed by atoms with Crippen LogP contribution >= 0.6 is 0 Å². The minimum Gasteiger partial charge on any atom is -0.348 e. The van der Waals surface area contributed by atoms with Gasteiger partial charge in [-0.25, -0.2) is 9.97 Å². The number of amides is 1. The van der Waals surface area contributed by atoms with E-state index in [0.29, 0.717) is 6.04 Å². The Balaban J connectivity index is 1.63. The fraction of sp³-hybridized carbons (Fsp3) is 0.579. The molecule has 0 spiro atoms. The lowest BCUT2D eigenvalue weighted by Crippen LogP contribution is -2.35. The Bertz CT molecular complexity index is 724. The van der Waals surface area contributed by atoms with Crippen LogP contribution in [0.15, 0.2) is 24.7 Å². The first kappa shape index (κ1) is 18.4. The molecular weight excluding hydrogens is 328 g/mol. The number of anilines is 1. The highest BCUT2D eigenvalue weighted by Crippen LogP contribution is 2.25. The second-order valence-electron chi connectivity index (χ2n) is 7.11. The summed E-state index contributed by atoms with van der Waals surface area (Å²) in [5.41, 5.74) is 1.85. The lowest BCUT2D eigenvalue weighted by Gasteiger charge is -2.31. The maximum Gasteiger partial charge on any atom is 0.242 e. The molecule has 2 heterocycles. The Morgan fingerprint density at radius 3 is 2.81 bits per heavy atom. The Labute approximate surface area is 154 Å². The molecule has 2 aromatic rings. The molecule has 140 valence electrons. The Hall–Kier alpha value is -2.44. The van der Waals surface area contributed by atoms with Crippen molar-refractivity contribution in [3.05, 3.63) is 35.9 Å². The van der Waals surface area contributed by atoms with E-state index in [0.717, 1.165) is 17.2 Å². The number of aryl methyl sites for hydroxylation is 1. The van der Waals surface area contributed by atoms with Crippen LogP contribution in [0.2, 0.25) is 0 Å². The lowest BCUT2D eigenvalue weighted by atomic mass is 9.95. The van der Waals surface area contributed by atoms with Gasteiger partial charge >= 0.3 is 0 Å². The molecule has 0 aliphatic heterocycles. The van der Waals surface area contributed by atoms with Crippen LogP contribution in [0.1, 0.15) is 56.3 Å². The summed E-state index contributed by atoms with van der Waals surface area (Å²) in [7, 11) is 2.08.